The van der Waals surface area contributed by atoms with E-state index in [4.69, 9.17) is 0 Å². The highest BCUT2D eigenvalue weighted by Crippen LogP contribution is 2.33. The van der Waals surface area contributed by atoms with Crippen molar-refractivity contribution in [1.29, 1.82) is 0 Å². The minimum atomic E-state index is 0.690. The Morgan fingerprint density at radius 1 is 1.29 bits per heavy atom. The molecule has 0 aromatic carbocycles. The maximum atomic E-state index is 4.60. The quantitative estimate of drug-likeness (QED) is 0.686. The van der Waals surface area contributed by atoms with Gasteiger partial charge in [0.05, 0.1) is 11.9 Å². The largest absolute Gasteiger partial charge is 0.304 e. The molecule has 1 aliphatic rings. The number of aromatic nitrogens is 3. The molecule has 3 heteroatoms. The molecule has 3 nitrogen and oxygen atoms in total. The highest BCUT2D eigenvalue weighted by atomic mass is 15.0. The predicted octanol–water partition coefficient (Wildman–Crippen LogP) is 2.39. The maximum Gasteiger partial charge on any atom is 0.155 e. The van der Waals surface area contributed by atoms with Crippen LogP contribution in [-0.4, -0.2) is 14.4 Å². The van der Waals surface area contributed by atoms with Crippen LogP contribution in [0.1, 0.15) is 37.3 Å². The van der Waals surface area contributed by atoms with Gasteiger partial charge in [-0.15, -0.1) is 0 Å². The van der Waals surface area contributed by atoms with Crippen LogP contribution in [0.4, 0.5) is 0 Å². The molecule has 0 atom stereocenters. The summed E-state index contributed by atoms with van der Waals surface area (Å²) in [5, 5.41) is 0. The molecule has 3 rings (SSSR count). The Morgan fingerprint density at radius 2 is 2.14 bits per heavy atom. The molecular formula is C11H13N3. The van der Waals surface area contributed by atoms with Crippen molar-refractivity contribution in [2.45, 2.75) is 31.6 Å². The van der Waals surface area contributed by atoms with Crippen molar-refractivity contribution in [3.8, 4) is 0 Å². The first-order valence-electron chi connectivity index (χ1n) is 5.22. The normalized spacial score (nSPS) is 18.0. The van der Waals surface area contributed by atoms with Gasteiger partial charge in [0.25, 0.3) is 0 Å². The van der Waals surface area contributed by atoms with Crippen molar-refractivity contribution in [1.82, 2.24) is 14.4 Å². The first-order valence-corrected chi connectivity index (χ1v) is 5.22. The maximum absolute atomic E-state index is 4.60. The van der Waals surface area contributed by atoms with E-state index in [1.807, 2.05) is 12.4 Å². The number of fused-ring (bicyclic) bond motifs is 1. The first kappa shape index (κ1) is 7.97. The van der Waals surface area contributed by atoms with E-state index < -0.39 is 0 Å². The summed E-state index contributed by atoms with van der Waals surface area (Å²) in [5.41, 5.74) is 2.21. The van der Waals surface area contributed by atoms with Gasteiger partial charge in [-0.25, -0.2) is 4.98 Å². The van der Waals surface area contributed by atoms with Crippen LogP contribution < -0.4 is 0 Å². The molecule has 2 aromatic heterocycles. The van der Waals surface area contributed by atoms with Crippen LogP contribution in [0, 0.1) is 0 Å². The van der Waals surface area contributed by atoms with Gasteiger partial charge in [0.1, 0.15) is 0 Å². The molecule has 2 aromatic rings. The lowest BCUT2D eigenvalue weighted by atomic mass is 10.1. The summed E-state index contributed by atoms with van der Waals surface area (Å²) in [7, 11) is 0. The fourth-order valence-electron chi connectivity index (χ4n) is 2.28. The third-order valence-corrected chi connectivity index (χ3v) is 3.06. The van der Waals surface area contributed by atoms with Gasteiger partial charge in [-0.05, 0) is 12.8 Å². The molecule has 0 aliphatic heterocycles. The molecule has 0 N–H and O–H groups in total. The van der Waals surface area contributed by atoms with Gasteiger partial charge in [-0.1, -0.05) is 12.8 Å². The minimum Gasteiger partial charge on any atom is -0.304 e. The van der Waals surface area contributed by atoms with E-state index in [1.165, 1.54) is 31.4 Å². The lowest BCUT2D eigenvalue weighted by Crippen LogP contribution is -1.91. The summed E-state index contributed by atoms with van der Waals surface area (Å²) in [6.07, 6.45) is 13.0. The molecule has 0 radical (unpaired) electrons. The van der Waals surface area contributed by atoms with Crippen LogP contribution in [-0.2, 0) is 0 Å². The Morgan fingerprint density at radius 3 is 2.93 bits per heavy atom. The van der Waals surface area contributed by atoms with E-state index in [9.17, 15) is 0 Å². The van der Waals surface area contributed by atoms with Crippen molar-refractivity contribution in [3.05, 3.63) is 30.5 Å². The fraction of sp³-hybridized carbons (Fsp3) is 0.455. The smallest absolute Gasteiger partial charge is 0.155 e. The minimum absolute atomic E-state index is 0.690. The fourth-order valence-corrected chi connectivity index (χ4v) is 2.28. The Kier molecular flexibility index (Phi) is 1.76. The zero-order chi connectivity index (χ0) is 9.38. The van der Waals surface area contributed by atoms with E-state index in [2.05, 4.69) is 20.6 Å². The van der Waals surface area contributed by atoms with E-state index in [1.54, 1.807) is 6.20 Å². The second-order valence-corrected chi connectivity index (χ2v) is 3.99. The van der Waals surface area contributed by atoms with Gasteiger partial charge in [-0.2, -0.15) is 0 Å². The molecule has 72 valence electrons. The molecular weight excluding hydrogens is 174 g/mol. The summed E-state index contributed by atoms with van der Waals surface area (Å²) in [4.78, 5) is 8.66. The standard InChI is InChI=1S/C11H13N3/c1-2-4-9(3-1)10-8-14-6-5-12-7-11(14)13-10/h5-9H,1-4H2. The van der Waals surface area contributed by atoms with Crippen molar-refractivity contribution in [3.63, 3.8) is 0 Å². The average molecular weight is 187 g/mol. The van der Waals surface area contributed by atoms with Crippen LogP contribution in [0.2, 0.25) is 0 Å². The van der Waals surface area contributed by atoms with Gasteiger partial charge in [-0.3, -0.25) is 4.98 Å². The molecule has 1 fully saturated rings. The van der Waals surface area contributed by atoms with E-state index >= 15 is 0 Å². The molecule has 0 unspecified atom stereocenters. The summed E-state index contributed by atoms with van der Waals surface area (Å²) < 4.78 is 2.06. The van der Waals surface area contributed by atoms with E-state index in [-0.39, 0.29) is 0 Å². The van der Waals surface area contributed by atoms with Crippen LogP contribution in [0.25, 0.3) is 5.65 Å². The number of nitrogens with zero attached hydrogens (tertiary/aromatic N) is 3. The number of hydrogen-bond acceptors (Lipinski definition) is 2. The van der Waals surface area contributed by atoms with Crippen LogP contribution in [0.15, 0.2) is 24.8 Å². The summed E-state index contributed by atoms with van der Waals surface area (Å²) in [6, 6.07) is 0. The van der Waals surface area contributed by atoms with E-state index in [0.717, 1.165) is 5.65 Å². The molecule has 0 saturated heterocycles. The Bertz CT molecular complexity index is 407. The van der Waals surface area contributed by atoms with Crippen molar-refractivity contribution < 1.29 is 0 Å². The number of hydrogen-bond donors (Lipinski definition) is 0. The second-order valence-electron chi connectivity index (χ2n) is 3.99. The zero-order valence-electron chi connectivity index (χ0n) is 8.06. The molecule has 0 bridgehead atoms. The monoisotopic (exact) mass is 187 g/mol. The van der Waals surface area contributed by atoms with Gasteiger partial charge in [0, 0.05) is 24.5 Å². The summed E-state index contributed by atoms with van der Waals surface area (Å²) >= 11 is 0. The SMILES string of the molecule is c1cn2cc(C3CCCC3)nc2cn1. The van der Waals surface area contributed by atoms with Crippen molar-refractivity contribution >= 4 is 5.65 Å². The lowest BCUT2D eigenvalue weighted by Gasteiger charge is -2.01. The van der Waals surface area contributed by atoms with Gasteiger partial charge in [0.2, 0.25) is 0 Å². The molecule has 14 heavy (non-hydrogen) atoms. The zero-order valence-corrected chi connectivity index (χ0v) is 8.06. The Balaban J connectivity index is 2.05. The van der Waals surface area contributed by atoms with E-state index in [0.29, 0.717) is 5.92 Å². The van der Waals surface area contributed by atoms with Crippen LogP contribution >= 0.6 is 0 Å². The third kappa shape index (κ3) is 1.20. The third-order valence-electron chi connectivity index (χ3n) is 3.06. The van der Waals surface area contributed by atoms with Gasteiger partial charge in [0.15, 0.2) is 5.65 Å². The average Bonchev–Trinajstić information content (AvgIpc) is 2.86. The number of rotatable bonds is 1. The van der Waals surface area contributed by atoms with Crippen LogP contribution in [0.3, 0.4) is 0 Å². The Labute approximate surface area is 82.8 Å². The van der Waals surface area contributed by atoms with Gasteiger partial charge < -0.3 is 4.40 Å². The summed E-state index contributed by atoms with van der Waals surface area (Å²) in [5.74, 6) is 0.690. The molecule has 0 amide bonds. The molecule has 2 heterocycles. The van der Waals surface area contributed by atoms with Crippen molar-refractivity contribution in [2.75, 3.05) is 0 Å². The second kappa shape index (κ2) is 3.08. The van der Waals surface area contributed by atoms with Crippen molar-refractivity contribution in [2.24, 2.45) is 0 Å². The first-order chi connectivity index (χ1) is 6.93. The highest BCUT2D eigenvalue weighted by Gasteiger charge is 2.19. The molecule has 1 saturated carbocycles. The molecule has 1 aliphatic carbocycles. The highest BCUT2D eigenvalue weighted by molar-refractivity contribution is 5.37. The summed E-state index contributed by atoms with van der Waals surface area (Å²) in [6.45, 7) is 0. The molecule has 0 spiro atoms. The van der Waals surface area contributed by atoms with Crippen LogP contribution in [0.5, 0.6) is 0 Å². The Hall–Kier alpha value is -1.38. The predicted molar refractivity (Wildman–Crippen MR) is 54.2 cm³/mol. The number of imidazole rings is 1. The van der Waals surface area contributed by atoms with Gasteiger partial charge >= 0.3 is 0 Å². The lowest BCUT2D eigenvalue weighted by molar-refractivity contribution is 0.703. The topological polar surface area (TPSA) is 30.2 Å².